The van der Waals surface area contributed by atoms with E-state index in [1.54, 1.807) is 6.07 Å². The van der Waals surface area contributed by atoms with Crippen molar-refractivity contribution in [2.45, 2.75) is 25.5 Å². The van der Waals surface area contributed by atoms with Crippen LogP contribution in [0.1, 0.15) is 18.4 Å². The second-order valence-corrected chi connectivity index (χ2v) is 5.70. The van der Waals surface area contributed by atoms with E-state index in [2.05, 4.69) is 15.6 Å². The molecule has 8 heteroatoms. The largest absolute Gasteiger partial charge is 0.368 e. The third kappa shape index (κ3) is 4.51. The molecule has 130 valence electrons. The minimum Gasteiger partial charge on any atom is -0.368 e. The zero-order chi connectivity index (χ0) is 17.6. The van der Waals surface area contributed by atoms with Crippen molar-refractivity contribution in [1.29, 1.82) is 0 Å². The van der Waals surface area contributed by atoms with Crippen molar-refractivity contribution in [2.24, 2.45) is 0 Å². The van der Waals surface area contributed by atoms with Crippen LogP contribution in [0, 0.1) is 10.1 Å². The summed E-state index contributed by atoms with van der Waals surface area (Å²) in [5.74, 6) is 0.416. The Morgan fingerprint density at radius 1 is 1.36 bits per heavy atom. The number of benzene rings is 1. The van der Waals surface area contributed by atoms with Crippen molar-refractivity contribution in [1.82, 2.24) is 4.98 Å². The van der Waals surface area contributed by atoms with Crippen molar-refractivity contribution >= 4 is 23.1 Å². The Hall–Kier alpha value is -3.00. The van der Waals surface area contributed by atoms with Gasteiger partial charge >= 0.3 is 0 Å². The predicted octanol–water partition coefficient (Wildman–Crippen LogP) is 2.72. The number of hydrogen-bond donors (Lipinski definition) is 2. The number of carbonyl (C=O) groups is 1. The highest BCUT2D eigenvalue weighted by Gasteiger charge is 2.23. The Balaban J connectivity index is 1.57. The van der Waals surface area contributed by atoms with Crippen LogP contribution in [0.15, 0.2) is 42.6 Å². The summed E-state index contributed by atoms with van der Waals surface area (Å²) >= 11 is 0. The predicted molar refractivity (Wildman–Crippen MR) is 92.3 cm³/mol. The zero-order valence-corrected chi connectivity index (χ0v) is 13.5. The number of hydrogen-bond acceptors (Lipinski definition) is 6. The van der Waals surface area contributed by atoms with E-state index in [0.717, 1.165) is 18.4 Å². The van der Waals surface area contributed by atoms with Crippen LogP contribution in [0.4, 0.5) is 17.2 Å². The SMILES string of the molecule is O=C(Nc1cccc(CNc2ccc([N+](=O)[O-])cn2)c1)[C@H]1CCCO1. The average Bonchev–Trinajstić information content (AvgIpc) is 3.15. The Labute approximate surface area is 144 Å². The summed E-state index contributed by atoms with van der Waals surface area (Å²) in [5, 5.41) is 16.6. The minimum atomic E-state index is -0.489. The molecule has 0 aliphatic carbocycles. The van der Waals surface area contributed by atoms with Gasteiger partial charge in [-0.15, -0.1) is 0 Å². The second-order valence-electron chi connectivity index (χ2n) is 5.70. The third-order valence-electron chi connectivity index (χ3n) is 3.85. The van der Waals surface area contributed by atoms with E-state index in [1.165, 1.54) is 12.3 Å². The summed E-state index contributed by atoms with van der Waals surface area (Å²) in [7, 11) is 0. The van der Waals surface area contributed by atoms with Gasteiger partial charge in [-0.25, -0.2) is 4.98 Å². The van der Waals surface area contributed by atoms with Crippen LogP contribution in [0.25, 0.3) is 0 Å². The van der Waals surface area contributed by atoms with Gasteiger partial charge in [0.1, 0.15) is 18.1 Å². The van der Waals surface area contributed by atoms with Crippen LogP contribution in [0.5, 0.6) is 0 Å². The van der Waals surface area contributed by atoms with Gasteiger partial charge in [-0.3, -0.25) is 14.9 Å². The van der Waals surface area contributed by atoms with Crippen molar-refractivity contribution in [3.8, 4) is 0 Å². The van der Waals surface area contributed by atoms with Gasteiger partial charge < -0.3 is 15.4 Å². The molecule has 0 saturated carbocycles. The van der Waals surface area contributed by atoms with Gasteiger partial charge in [0.05, 0.1) is 4.92 Å². The quantitative estimate of drug-likeness (QED) is 0.617. The van der Waals surface area contributed by atoms with E-state index >= 15 is 0 Å². The molecule has 25 heavy (non-hydrogen) atoms. The molecule has 0 bridgehead atoms. The lowest BCUT2D eigenvalue weighted by molar-refractivity contribution is -0.385. The molecule has 1 aromatic carbocycles. The molecule has 1 fully saturated rings. The maximum Gasteiger partial charge on any atom is 0.287 e. The average molecular weight is 342 g/mol. The van der Waals surface area contributed by atoms with E-state index < -0.39 is 4.92 Å². The number of carbonyl (C=O) groups excluding carboxylic acids is 1. The normalized spacial score (nSPS) is 16.4. The van der Waals surface area contributed by atoms with E-state index in [4.69, 9.17) is 4.74 Å². The first-order valence-electron chi connectivity index (χ1n) is 7.97. The number of amides is 1. The zero-order valence-electron chi connectivity index (χ0n) is 13.5. The molecule has 1 atom stereocenters. The van der Waals surface area contributed by atoms with E-state index in [1.807, 2.05) is 24.3 Å². The molecular formula is C17H18N4O4. The van der Waals surface area contributed by atoms with Crippen molar-refractivity contribution in [2.75, 3.05) is 17.2 Å². The summed E-state index contributed by atoms with van der Waals surface area (Å²) in [6.45, 7) is 1.11. The molecule has 1 aromatic heterocycles. The first-order chi connectivity index (χ1) is 12.1. The van der Waals surface area contributed by atoms with Gasteiger partial charge in [0.2, 0.25) is 0 Å². The van der Waals surface area contributed by atoms with Crippen LogP contribution in [-0.4, -0.2) is 28.5 Å². The number of rotatable bonds is 6. The lowest BCUT2D eigenvalue weighted by Crippen LogP contribution is -2.26. The van der Waals surface area contributed by atoms with Crippen molar-refractivity contribution < 1.29 is 14.5 Å². The number of ether oxygens (including phenoxy) is 1. The first-order valence-corrected chi connectivity index (χ1v) is 7.97. The van der Waals surface area contributed by atoms with Crippen LogP contribution < -0.4 is 10.6 Å². The van der Waals surface area contributed by atoms with Gasteiger partial charge in [-0.2, -0.15) is 0 Å². The number of nitrogens with zero attached hydrogens (tertiary/aromatic N) is 2. The fourth-order valence-corrected chi connectivity index (χ4v) is 2.56. The lowest BCUT2D eigenvalue weighted by Gasteiger charge is -2.12. The van der Waals surface area contributed by atoms with Gasteiger partial charge in [0.15, 0.2) is 0 Å². The highest BCUT2D eigenvalue weighted by Crippen LogP contribution is 2.17. The number of aromatic nitrogens is 1. The Morgan fingerprint density at radius 2 is 2.24 bits per heavy atom. The second kappa shape index (κ2) is 7.71. The Morgan fingerprint density at radius 3 is 2.92 bits per heavy atom. The van der Waals surface area contributed by atoms with E-state index in [0.29, 0.717) is 24.7 Å². The maximum absolute atomic E-state index is 12.1. The number of pyridine rings is 1. The Kier molecular flexibility index (Phi) is 5.20. The first kappa shape index (κ1) is 16.8. The molecular weight excluding hydrogens is 324 g/mol. The van der Waals surface area contributed by atoms with Crippen LogP contribution in [-0.2, 0) is 16.1 Å². The molecule has 0 radical (unpaired) electrons. The minimum absolute atomic E-state index is 0.0515. The monoisotopic (exact) mass is 342 g/mol. The molecule has 8 nitrogen and oxygen atoms in total. The lowest BCUT2D eigenvalue weighted by atomic mass is 10.2. The summed E-state index contributed by atoms with van der Waals surface area (Å²) < 4.78 is 5.37. The topological polar surface area (TPSA) is 106 Å². The molecule has 1 amide bonds. The molecule has 1 saturated heterocycles. The standard InChI is InChI=1S/C17H18N4O4/c22-17(15-5-2-8-25-15)20-13-4-1-3-12(9-13)10-18-16-7-6-14(11-19-16)21(23)24/h1,3-4,6-7,9,11,15H,2,5,8,10H2,(H,18,19)(H,20,22)/t15-/m1/s1. The van der Waals surface area contributed by atoms with Gasteiger partial charge in [0.25, 0.3) is 11.6 Å². The summed E-state index contributed by atoms with van der Waals surface area (Å²) in [4.78, 5) is 26.2. The molecule has 1 aliphatic rings. The van der Waals surface area contributed by atoms with Crippen LogP contribution in [0.3, 0.4) is 0 Å². The molecule has 0 unspecified atom stereocenters. The third-order valence-corrected chi connectivity index (χ3v) is 3.85. The highest BCUT2D eigenvalue weighted by molar-refractivity contribution is 5.94. The number of anilines is 2. The van der Waals surface area contributed by atoms with Crippen molar-refractivity contribution in [3.05, 3.63) is 58.3 Å². The fraction of sp³-hybridized carbons (Fsp3) is 0.294. The highest BCUT2D eigenvalue weighted by atomic mass is 16.6. The molecule has 3 rings (SSSR count). The van der Waals surface area contributed by atoms with Crippen LogP contribution in [0.2, 0.25) is 0 Å². The van der Waals surface area contributed by atoms with Gasteiger partial charge in [-0.05, 0) is 36.6 Å². The number of nitrogens with one attached hydrogen (secondary N) is 2. The van der Waals surface area contributed by atoms with Gasteiger partial charge in [0, 0.05) is 24.9 Å². The summed E-state index contributed by atoms with van der Waals surface area (Å²) in [6.07, 6.45) is 2.50. The maximum atomic E-state index is 12.1. The molecule has 1 aliphatic heterocycles. The van der Waals surface area contributed by atoms with Crippen LogP contribution >= 0.6 is 0 Å². The van der Waals surface area contributed by atoms with Crippen molar-refractivity contribution in [3.63, 3.8) is 0 Å². The summed E-state index contributed by atoms with van der Waals surface area (Å²) in [6, 6.07) is 10.4. The fourth-order valence-electron chi connectivity index (χ4n) is 2.56. The smallest absolute Gasteiger partial charge is 0.287 e. The molecule has 0 spiro atoms. The van der Waals surface area contributed by atoms with E-state index in [-0.39, 0.29) is 17.7 Å². The summed E-state index contributed by atoms with van der Waals surface area (Å²) in [5.41, 5.74) is 1.60. The number of nitro groups is 1. The van der Waals surface area contributed by atoms with E-state index in [9.17, 15) is 14.9 Å². The molecule has 2 N–H and O–H groups in total. The van der Waals surface area contributed by atoms with Gasteiger partial charge in [-0.1, -0.05) is 12.1 Å². The molecule has 2 aromatic rings. The Bertz CT molecular complexity index is 757. The molecule has 2 heterocycles.